The minimum atomic E-state index is -0.244. The summed E-state index contributed by atoms with van der Waals surface area (Å²) in [4.78, 5) is 15.7. The second kappa shape index (κ2) is 5.46. The molecule has 0 saturated heterocycles. The van der Waals surface area contributed by atoms with E-state index in [1.54, 1.807) is 6.07 Å². The van der Waals surface area contributed by atoms with Crippen LogP contribution in [-0.4, -0.2) is 29.1 Å². The molecule has 0 aromatic carbocycles. The van der Waals surface area contributed by atoms with E-state index in [0.717, 1.165) is 5.69 Å². The van der Waals surface area contributed by atoms with Crippen molar-refractivity contribution in [2.45, 2.75) is 19.8 Å². The van der Waals surface area contributed by atoms with Gasteiger partial charge in [-0.2, -0.15) is 0 Å². The molecule has 0 saturated carbocycles. The van der Waals surface area contributed by atoms with Gasteiger partial charge in [0.1, 0.15) is 5.69 Å². The van der Waals surface area contributed by atoms with Gasteiger partial charge in [-0.3, -0.25) is 4.79 Å². The molecule has 2 N–H and O–H groups in total. The van der Waals surface area contributed by atoms with Gasteiger partial charge >= 0.3 is 0 Å². The first-order valence-corrected chi connectivity index (χ1v) is 5.01. The average Bonchev–Trinajstić information content (AvgIpc) is 2.26. The van der Waals surface area contributed by atoms with Crippen molar-refractivity contribution in [1.82, 2.24) is 10.3 Å². The first kappa shape index (κ1) is 11.7. The van der Waals surface area contributed by atoms with E-state index in [-0.39, 0.29) is 19.1 Å². The second-order valence-corrected chi connectivity index (χ2v) is 3.58. The summed E-state index contributed by atoms with van der Waals surface area (Å²) in [6, 6.07) is 5.38. The molecule has 0 aliphatic carbocycles. The molecule has 1 amide bonds. The Morgan fingerprint density at radius 2 is 2.27 bits per heavy atom. The normalized spacial score (nSPS) is 10.4. The summed E-state index contributed by atoms with van der Waals surface area (Å²) in [5.41, 5.74) is 1.29. The fraction of sp³-hybridized carbons (Fsp3) is 0.455. The lowest BCUT2D eigenvalue weighted by molar-refractivity contribution is 0.0939. The molecule has 0 fully saturated rings. The van der Waals surface area contributed by atoms with E-state index in [4.69, 9.17) is 5.11 Å². The van der Waals surface area contributed by atoms with Crippen LogP contribution in [0.1, 0.15) is 35.9 Å². The van der Waals surface area contributed by atoms with Crippen molar-refractivity contribution in [3.05, 3.63) is 29.6 Å². The van der Waals surface area contributed by atoms with E-state index in [0.29, 0.717) is 11.6 Å². The molecule has 1 rings (SSSR count). The van der Waals surface area contributed by atoms with Crippen LogP contribution < -0.4 is 5.32 Å². The largest absolute Gasteiger partial charge is 0.395 e. The van der Waals surface area contributed by atoms with E-state index >= 15 is 0 Å². The third-order valence-corrected chi connectivity index (χ3v) is 1.99. The molecule has 1 aromatic heterocycles. The van der Waals surface area contributed by atoms with Crippen LogP contribution in [0.4, 0.5) is 0 Å². The van der Waals surface area contributed by atoms with Crippen molar-refractivity contribution >= 4 is 5.91 Å². The van der Waals surface area contributed by atoms with Gasteiger partial charge in [0.25, 0.3) is 5.91 Å². The Bertz CT molecular complexity index is 337. The molecule has 0 unspecified atom stereocenters. The highest BCUT2D eigenvalue weighted by Crippen LogP contribution is 2.11. The Hall–Kier alpha value is -1.42. The summed E-state index contributed by atoms with van der Waals surface area (Å²) in [6.45, 7) is 4.25. The van der Waals surface area contributed by atoms with E-state index in [9.17, 15) is 4.79 Å². The predicted molar refractivity (Wildman–Crippen MR) is 57.7 cm³/mol. The molecule has 1 aromatic rings. The first-order chi connectivity index (χ1) is 7.15. The van der Waals surface area contributed by atoms with E-state index in [1.165, 1.54) is 0 Å². The molecule has 0 spiro atoms. The maximum absolute atomic E-state index is 11.5. The SMILES string of the molecule is CC(C)c1cccc(C(=O)NCCO)n1. The number of hydrogen-bond donors (Lipinski definition) is 2. The summed E-state index contributed by atoms with van der Waals surface area (Å²) >= 11 is 0. The molecule has 0 radical (unpaired) electrons. The second-order valence-electron chi connectivity index (χ2n) is 3.58. The minimum absolute atomic E-state index is 0.0599. The predicted octanol–water partition coefficient (Wildman–Crippen LogP) is 0.927. The molecular weight excluding hydrogens is 192 g/mol. The van der Waals surface area contributed by atoms with Crippen LogP contribution in [-0.2, 0) is 0 Å². The fourth-order valence-electron chi connectivity index (χ4n) is 1.16. The molecule has 0 aliphatic heterocycles. The Morgan fingerprint density at radius 1 is 1.53 bits per heavy atom. The molecule has 4 heteroatoms. The molecular formula is C11H16N2O2. The number of aliphatic hydroxyl groups is 1. The van der Waals surface area contributed by atoms with Crippen molar-refractivity contribution < 1.29 is 9.90 Å². The number of pyridine rings is 1. The van der Waals surface area contributed by atoms with E-state index in [1.807, 2.05) is 26.0 Å². The van der Waals surface area contributed by atoms with Gasteiger partial charge in [0.15, 0.2) is 0 Å². The number of hydrogen-bond acceptors (Lipinski definition) is 3. The number of amides is 1. The number of carbonyl (C=O) groups excluding carboxylic acids is 1. The van der Waals surface area contributed by atoms with Gasteiger partial charge in [0.2, 0.25) is 0 Å². The number of nitrogens with one attached hydrogen (secondary N) is 1. The van der Waals surface area contributed by atoms with E-state index in [2.05, 4.69) is 10.3 Å². The van der Waals surface area contributed by atoms with Crippen LogP contribution in [0.25, 0.3) is 0 Å². The van der Waals surface area contributed by atoms with E-state index < -0.39 is 0 Å². The Morgan fingerprint density at radius 3 is 2.87 bits per heavy atom. The van der Waals surface area contributed by atoms with Gasteiger partial charge < -0.3 is 10.4 Å². The van der Waals surface area contributed by atoms with Gasteiger partial charge in [-0.1, -0.05) is 19.9 Å². The monoisotopic (exact) mass is 208 g/mol. The summed E-state index contributed by atoms with van der Waals surface area (Å²) < 4.78 is 0. The van der Waals surface area contributed by atoms with Gasteiger partial charge in [-0.05, 0) is 18.1 Å². The van der Waals surface area contributed by atoms with Gasteiger partial charge in [-0.15, -0.1) is 0 Å². The quantitative estimate of drug-likeness (QED) is 0.773. The number of nitrogens with zero attached hydrogens (tertiary/aromatic N) is 1. The van der Waals surface area contributed by atoms with Crippen LogP contribution >= 0.6 is 0 Å². The number of aliphatic hydroxyl groups excluding tert-OH is 1. The highest BCUT2D eigenvalue weighted by atomic mass is 16.3. The summed E-state index contributed by atoms with van der Waals surface area (Å²) in [5, 5.41) is 11.1. The fourth-order valence-corrected chi connectivity index (χ4v) is 1.16. The summed E-state index contributed by atoms with van der Waals surface area (Å²) in [5.74, 6) is 0.0575. The van der Waals surface area contributed by atoms with Crippen LogP contribution in [0, 0.1) is 0 Å². The van der Waals surface area contributed by atoms with Crippen LogP contribution in [0.2, 0.25) is 0 Å². The smallest absolute Gasteiger partial charge is 0.269 e. The number of carbonyl (C=O) groups is 1. The van der Waals surface area contributed by atoms with Crippen LogP contribution in [0.5, 0.6) is 0 Å². The highest BCUT2D eigenvalue weighted by molar-refractivity contribution is 5.92. The van der Waals surface area contributed by atoms with Gasteiger partial charge in [-0.25, -0.2) is 4.98 Å². The molecule has 0 atom stereocenters. The van der Waals surface area contributed by atoms with Gasteiger partial charge in [0, 0.05) is 12.2 Å². The summed E-state index contributed by atoms with van der Waals surface area (Å²) in [6.07, 6.45) is 0. The average molecular weight is 208 g/mol. The number of aromatic nitrogens is 1. The third kappa shape index (κ3) is 3.32. The Balaban J connectivity index is 2.76. The van der Waals surface area contributed by atoms with Crippen molar-refractivity contribution in [3.8, 4) is 0 Å². The molecule has 0 aliphatic rings. The first-order valence-electron chi connectivity index (χ1n) is 5.01. The third-order valence-electron chi connectivity index (χ3n) is 1.99. The molecule has 0 bridgehead atoms. The zero-order valence-electron chi connectivity index (χ0n) is 9.03. The van der Waals surface area contributed by atoms with Crippen molar-refractivity contribution in [2.75, 3.05) is 13.2 Å². The minimum Gasteiger partial charge on any atom is -0.395 e. The zero-order chi connectivity index (χ0) is 11.3. The Kier molecular flexibility index (Phi) is 4.24. The highest BCUT2D eigenvalue weighted by Gasteiger charge is 2.08. The van der Waals surface area contributed by atoms with Crippen molar-refractivity contribution in [2.24, 2.45) is 0 Å². The standard InChI is InChI=1S/C11H16N2O2/c1-8(2)9-4-3-5-10(13-9)11(15)12-6-7-14/h3-5,8,14H,6-7H2,1-2H3,(H,12,15). The molecule has 15 heavy (non-hydrogen) atoms. The maximum Gasteiger partial charge on any atom is 0.269 e. The topological polar surface area (TPSA) is 62.2 Å². The van der Waals surface area contributed by atoms with Crippen molar-refractivity contribution in [3.63, 3.8) is 0 Å². The molecule has 82 valence electrons. The van der Waals surface area contributed by atoms with Crippen LogP contribution in [0.3, 0.4) is 0 Å². The van der Waals surface area contributed by atoms with Crippen molar-refractivity contribution in [1.29, 1.82) is 0 Å². The lowest BCUT2D eigenvalue weighted by Crippen LogP contribution is -2.27. The lowest BCUT2D eigenvalue weighted by atomic mass is 10.1. The zero-order valence-corrected chi connectivity index (χ0v) is 9.03. The summed E-state index contributed by atoms with van der Waals surface area (Å²) in [7, 11) is 0. The Labute approximate surface area is 89.3 Å². The lowest BCUT2D eigenvalue weighted by Gasteiger charge is -2.07. The maximum atomic E-state index is 11.5. The van der Waals surface area contributed by atoms with Gasteiger partial charge in [0.05, 0.1) is 6.61 Å². The molecule has 4 nitrogen and oxygen atoms in total. The molecule has 1 heterocycles. The number of rotatable bonds is 4. The van der Waals surface area contributed by atoms with Crippen LogP contribution in [0.15, 0.2) is 18.2 Å².